The van der Waals surface area contributed by atoms with Gasteiger partial charge in [-0.15, -0.1) is 0 Å². The standard InChI is InChI=1S/C29H23ClF3N7O4/c30-22-7-2-1-6-21(22)25(26(42)36-18-8-11-29(32,33)12-9-18)38(20-5-3-4-17(31)14-20)27(43)23-15-24(41)40(44)39(23)28-35-13-10-19(16-34)37-28/h1-7,10,13-14,18,23,25H,8-9,11-12,15H2/p+1. The molecule has 1 saturated carbocycles. The molecule has 1 aliphatic heterocycles. The van der Waals surface area contributed by atoms with E-state index in [4.69, 9.17) is 11.6 Å². The highest BCUT2D eigenvalue weighted by Crippen LogP contribution is 2.37. The Bertz CT molecular complexity index is 1670. The molecular weight excluding hydrogens is 603 g/mol. The van der Waals surface area contributed by atoms with Gasteiger partial charge in [0.05, 0.1) is 4.91 Å². The Labute approximate surface area is 253 Å². The van der Waals surface area contributed by atoms with Gasteiger partial charge >= 0.3 is 5.91 Å². The largest absolute Gasteiger partial charge is 0.469 e. The van der Waals surface area contributed by atoms with Crippen molar-refractivity contribution in [2.24, 2.45) is 0 Å². The lowest BCUT2D eigenvalue weighted by atomic mass is 9.91. The van der Waals surface area contributed by atoms with Crippen LogP contribution in [-0.2, 0) is 14.4 Å². The predicted molar refractivity (Wildman–Crippen MR) is 150 cm³/mol. The highest BCUT2D eigenvalue weighted by atomic mass is 35.5. The molecule has 1 N–H and O–H groups in total. The van der Waals surface area contributed by atoms with Crippen LogP contribution in [0.1, 0.15) is 49.4 Å². The Hall–Kier alpha value is -4.90. The second-order valence-corrected chi connectivity index (χ2v) is 10.7. The number of aromatic nitrogens is 2. The summed E-state index contributed by atoms with van der Waals surface area (Å²) in [6.45, 7) is 0. The molecule has 2 unspecified atom stereocenters. The van der Waals surface area contributed by atoms with E-state index in [0.717, 1.165) is 23.2 Å². The van der Waals surface area contributed by atoms with E-state index in [1.165, 1.54) is 30.3 Å². The fraction of sp³-hybridized carbons (Fsp3) is 0.310. The number of rotatable bonds is 7. The molecule has 0 radical (unpaired) electrons. The second kappa shape index (κ2) is 12.4. The Morgan fingerprint density at radius 3 is 2.57 bits per heavy atom. The summed E-state index contributed by atoms with van der Waals surface area (Å²) < 4.78 is 42.3. The molecule has 2 aromatic carbocycles. The lowest BCUT2D eigenvalue weighted by molar-refractivity contribution is -0.470. The van der Waals surface area contributed by atoms with Gasteiger partial charge in [-0.25, -0.2) is 22.9 Å². The van der Waals surface area contributed by atoms with Crippen molar-refractivity contribution in [1.82, 2.24) is 15.3 Å². The van der Waals surface area contributed by atoms with Gasteiger partial charge in [-0.05, 0) is 48.2 Å². The summed E-state index contributed by atoms with van der Waals surface area (Å²) in [5, 5.41) is 12.7. The number of nitroso groups, excluding NO2 is 1. The van der Waals surface area contributed by atoms with Gasteiger partial charge in [0.1, 0.15) is 30.0 Å². The van der Waals surface area contributed by atoms with Crippen LogP contribution in [0, 0.1) is 22.1 Å². The van der Waals surface area contributed by atoms with Crippen LogP contribution in [0.5, 0.6) is 0 Å². The van der Waals surface area contributed by atoms with Gasteiger partial charge in [0.15, 0.2) is 6.04 Å². The van der Waals surface area contributed by atoms with Crippen molar-refractivity contribution in [2.75, 3.05) is 9.91 Å². The third-order valence-electron chi connectivity index (χ3n) is 7.41. The van der Waals surface area contributed by atoms with Crippen molar-refractivity contribution in [3.05, 3.63) is 87.8 Å². The molecule has 3 amide bonds. The number of benzene rings is 2. The fourth-order valence-electron chi connectivity index (χ4n) is 5.26. The third-order valence-corrected chi connectivity index (χ3v) is 7.76. The minimum atomic E-state index is -2.86. The zero-order valence-corrected chi connectivity index (χ0v) is 23.6. The van der Waals surface area contributed by atoms with E-state index in [-0.39, 0.29) is 39.7 Å². The van der Waals surface area contributed by atoms with Gasteiger partial charge in [-0.3, -0.25) is 14.5 Å². The average Bonchev–Trinajstić information content (AvgIpc) is 3.30. The number of nitrogens with zero attached hydrogens (tertiary/aromatic N) is 6. The lowest BCUT2D eigenvalue weighted by Crippen LogP contribution is -2.53. The Balaban J connectivity index is 1.61. The number of halogens is 4. The van der Waals surface area contributed by atoms with E-state index >= 15 is 0 Å². The van der Waals surface area contributed by atoms with Gasteiger partial charge in [0.25, 0.3) is 11.9 Å². The summed E-state index contributed by atoms with van der Waals surface area (Å²) in [5.74, 6) is -6.88. The minimum absolute atomic E-state index is 0.0233. The van der Waals surface area contributed by atoms with Crippen LogP contribution in [0.4, 0.5) is 24.8 Å². The van der Waals surface area contributed by atoms with E-state index in [1.807, 2.05) is 0 Å². The number of nitrogens with one attached hydrogen (secondary N) is 1. The molecule has 0 spiro atoms. The van der Waals surface area contributed by atoms with Crippen LogP contribution in [-0.4, -0.2) is 50.6 Å². The third kappa shape index (κ3) is 6.23. The number of hydrazine groups is 1. The first kappa shape index (κ1) is 30.6. The zero-order valence-electron chi connectivity index (χ0n) is 22.9. The van der Waals surface area contributed by atoms with Crippen LogP contribution in [0.25, 0.3) is 0 Å². The predicted octanol–water partition coefficient (Wildman–Crippen LogP) is 4.41. The first-order valence-electron chi connectivity index (χ1n) is 13.5. The van der Waals surface area contributed by atoms with Crippen LogP contribution >= 0.6 is 11.6 Å². The van der Waals surface area contributed by atoms with Crippen LogP contribution in [0.3, 0.4) is 0 Å². The van der Waals surface area contributed by atoms with Gasteiger partial charge in [-0.1, -0.05) is 35.9 Å². The second-order valence-electron chi connectivity index (χ2n) is 10.3. The number of alkyl halides is 2. The number of anilines is 2. The molecular formula is C29H24ClF3N7O4+. The summed E-state index contributed by atoms with van der Waals surface area (Å²) in [4.78, 5) is 62.8. The summed E-state index contributed by atoms with van der Waals surface area (Å²) in [7, 11) is 0. The lowest BCUT2D eigenvalue weighted by Gasteiger charge is -2.35. The topological polar surface area (TPSA) is 139 Å². The molecule has 1 aromatic heterocycles. The highest BCUT2D eigenvalue weighted by molar-refractivity contribution is 6.31. The molecule has 44 heavy (non-hydrogen) atoms. The van der Waals surface area contributed by atoms with Gasteiger partial charge in [0.2, 0.25) is 16.7 Å². The fourth-order valence-corrected chi connectivity index (χ4v) is 5.50. The van der Waals surface area contributed by atoms with E-state index in [1.54, 1.807) is 18.2 Å². The first-order chi connectivity index (χ1) is 21.0. The molecule has 2 atom stereocenters. The summed E-state index contributed by atoms with van der Waals surface area (Å²) in [6, 6.07) is 10.0. The summed E-state index contributed by atoms with van der Waals surface area (Å²) >= 11 is 6.51. The molecule has 5 rings (SSSR count). The van der Waals surface area contributed by atoms with Crippen molar-refractivity contribution in [3.63, 3.8) is 0 Å². The first-order valence-corrected chi connectivity index (χ1v) is 13.9. The molecule has 15 heteroatoms. The monoisotopic (exact) mass is 626 g/mol. The number of carbonyl (C=O) groups excluding carboxylic acids is 3. The van der Waals surface area contributed by atoms with Gasteiger partial charge < -0.3 is 5.32 Å². The maximum Gasteiger partial charge on any atom is 0.469 e. The Morgan fingerprint density at radius 2 is 1.89 bits per heavy atom. The molecule has 3 aromatic rings. The molecule has 2 aliphatic rings. The maximum atomic E-state index is 14.6. The maximum absolute atomic E-state index is 14.6. The smallest absolute Gasteiger partial charge is 0.351 e. The molecule has 226 valence electrons. The van der Waals surface area contributed by atoms with E-state index in [9.17, 15) is 37.7 Å². The van der Waals surface area contributed by atoms with E-state index < -0.39 is 72.8 Å². The van der Waals surface area contributed by atoms with Crippen LogP contribution < -0.4 is 15.2 Å². The summed E-state index contributed by atoms with van der Waals surface area (Å²) in [6.07, 6.45) is -0.433. The van der Waals surface area contributed by atoms with Gasteiger partial charge in [-0.2, -0.15) is 10.2 Å². The zero-order chi connectivity index (χ0) is 31.6. The summed E-state index contributed by atoms with van der Waals surface area (Å²) in [5.41, 5.74) is -0.154. The Morgan fingerprint density at radius 1 is 1.16 bits per heavy atom. The Kier molecular flexibility index (Phi) is 8.59. The number of nitriles is 1. The number of amides is 3. The SMILES string of the molecule is N#Cc1ccnc(N2C(C(=O)N(c3cccc(F)c3)C(C(=O)NC3CCC(F)(F)CC3)c3ccccc3Cl)CC(=O)[N+]2=O)n1. The van der Waals surface area contributed by atoms with Gasteiger partial charge in [0, 0.05) is 41.4 Å². The highest BCUT2D eigenvalue weighted by Gasteiger charge is 2.56. The van der Waals surface area contributed by atoms with Crippen molar-refractivity contribution < 1.29 is 32.4 Å². The molecule has 0 bridgehead atoms. The van der Waals surface area contributed by atoms with E-state index in [0.29, 0.717) is 5.01 Å². The van der Waals surface area contributed by atoms with Crippen molar-refractivity contribution >= 4 is 41.0 Å². The molecule has 1 saturated heterocycles. The quantitative estimate of drug-likeness (QED) is 0.381. The average molecular weight is 627 g/mol. The number of hydrogen-bond donors (Lipinski definition) is 1. The molecule has 2 fully saturated rings. The van der Waals surface area contributed by atoms with E-state index in [2.05, 4.69) is 15.3 Å². The minimum Gasteiger partial charge on any atom is -0.351 e. The van der Waals surface area contributed by atoms with Crippen LogP contribution in [0.15, 0.2) is 60.8 Å². The number of carbonyl (C=O) groups is 3. The van der Waals surface area contributed by atoms with Crippen molar-refractivity contribution in [1.29, 1.82) is 5.26 Å². The normalized spacial score (nSPS) is 18.9. The van der Waals surface area contributed by atoms with Crippen molar-refractivity contribution in [3.8, 4) is 6.07 Å². The number of hydrogen-bond acceptors (Lipinski definition) is 7. The molecule has 2 heterocycles. The van der Waals surface area contributed by atoms with Crippen molar-refractivity contribution in [2.45, 2.75) is 56.2 Å². The van der Waals surface area contributed by atoms with Crippen LogP contribution in [0.2, 0.25) is 5.02 Å². The molecule has 1 aliphatic carbocycles. The molecule has 11 nitrogen and oxygen atoms in total.